The molecule has 2 aromatic heterocycles. The van der Waals surface area contributed by atoms with Gasteiger partial charge < -0.3 is 5.32 Å². The van der Waals surface area contributed by atoms with Crippen molar-refractivity contribution >= 4 is 5.91 Å². The standard InChI is InChI=1S/C20H22N4O/c1-14(2)15(3)22-20(25)18-13-24(17-9-5-4-6-10-17)23-19(18)16-8-7-11-21-12-16/h4-15H,1-3H3,(H,22,25). The van der Waals surface area contributed by atoms with E-state index < -0.39 is 0 Å². The molecule has 0 saturated heterocycles. The summed E-state index contributed by atoms with van der Waals surface area (Å²) in [6.45, 7) is 6.18. The van der Waals surface area contributed by atoms with E-state index in [1.54, 1.807) is 23.3 Å². The normalized spacial score (nSPS) is 12.2. The van der Waals surface area contributed by atoms with Gasteiger partial charge in [-0.15, -0.1) is 0 Å². The Morgan fingerprint density at radius 1 is 1.08 bits per heavy atom. The van der Waals surface area contributed by atoms with Gasteiger partial charge in [0.2, 0.25) is 0 Å². The monoisotopic (exact) mass is 334 g/mol. The number of benzene rings is 1. The Balaban J connectivity index is 2.03. The van der Waals surface area contributed by atoms with E-state index in [4.69, 9.17) is 0 Å². The maximum atomic E-state index is 12.8. The molecule has 1 amide bonds. The molecular weight excluding hydrogens is 312 g/mol. The molecule has 1 aromatic carbocycles. The molecule has 0 fully saturated rings. The van der Waals surface area contributed by atoms with E-state index in [-0.39, 0.29) is 11.9 Å². The highest BCUT2D eigenvalue weighted by Gasteiger charge is 2.21. The van der Waals surface area contributed by atoms with Crippen LogP contribution in [0, 0.1) is 5.92 Å². The zero-order chi connectivity index (χ0) is 17.8. The van der Waals surface area contributed by atoms with E-state index in [2.05, 4.69) is 29.2 Å². The molecule has 1 atom stereocenters. The molecule has 5 nitrogen and oxygen atoms in total. The van der Waals surface area contributed by atoms with Gasteiger partial charge >= 0.3 is 0 Å². The van der Waals surface area contributed by atoms with Crippen LogP contribution in [-0.4, -0.2) is 26.7 Å². The lowest BCUT2D eigenvalue weighted by Crippen LogP contribution is -2.36. The van der Waals surface area contributed by atoms with Gasteiger partial charge in [0.05, 0.1) is 11.3 Å². The number of amides is 1. The van der Waals surface area contributed by atoms with E-state index >= 15 is 0 Å². The van der Waals surface area contributed by atoms with Crippen molar-refractivity contribution in [2.75, 3.05) is 0 Å². The fraction of sp³-hybridized carbons (Fsp3) is 0.250. The average molecular weight is 334 g/mol. The largest absolute Gasteiger partial charge is 0.349 e. The number of pyridine rings is 1. The average Bonchev–Trinajstić information content (AvgIpc) is 3.08. The van der Waals surface area contributed by atoms with E-state index in [1.165, 1.54) is 0 Å². The third kappa shape index (κ3) is 3.76. The molecule has 0 aliphatic rings. The zero-order valence-corrected chi connectivity index (χ0v) is 14.7. The highest BCUT2D eigenvalue weighted by atomic mass is 16.1. The fourth-order valence-corrected chi connectivity index (χ4v) is 2.42. The lowest BCUT2D eigenvalue weighted by molar-refractivity contribution is 0.0931. The van der Waals surface area contributed by atoms with Crippen molar-refractivity contribution in [1.29, 1.82) is 0 Å². The first-order chi connectivity index (χ1) is 12.1. The van der Waals surface area contributed by atoms with Crippen molar-refractivity contribution in [1.82, 2.24) is 20.1 Å². The first-order valence-corrected chi connectivity index (χ1v) is 8.42. The molecule has 0 radical (unpaired) electrons. The summed E-state index contributed by atoms with van der Waals surface area (Å²) in [5.41, 5.74) is 2.90. The van der Waals surface area contributed by atoms with Crippen molar-refractivity contribution in [3.05, 3.63) is 66.6 Å². The summed E-state index contributed by atoms with van der Waals surface area (Å²) in [7, 11) is 0. The van der Waals surface area contributed by atoms with Gasteiger partial charge in [-0.3, -0.25) is 9.78 Å². The van der Waals surface area contributed by atoms with Crippen molar-refractivity contribution in [2.24, 2.45) is 5.92 Å². The van der Waals surface area contributed by atoms with Gasteiger partial charge in [0.15, 0.2) is 0 Å². The molecule has 0 aliphatic carbocycles. The van der Waals surface area contributed by atoms with Crippen LogP contribution in [0.1, 0.15) is 31.1 Å². The van der Waals surface area contributed by atoms with Crippen LogP contribution >= 0.6 is 0 Å². The van der Waals surface area contributed by atoms with Crippen molar-refractivity contribution < 1.29 is 4.79 Å². The van der Waals surface area contributed by atoms with Crippen LogP contribution in [0.5, 0.6) is 0 Å². The smallest absolute Gasteiger partial charge is 0.255 e. The van der Waals surface area contributed by atoms with Crippen LogP contribution in [0.4, 0.5) is 0 Å². The van der Waals surface area contributed by atoms with Gasteiger partial charge in [-0.2, -0.15) is 5.10 Å². The highest BCUT2D eigenvalue weighted by Crippen LogP contribution is 2.23. The third-order valence-electron chi connectivity index (χ3n) is 4.27. The summed E-state index contributed by atoms with van der Waals surface area (Å²) < 4.78 is 1.73. The van der Waals surface area contributed by atoms with Crippen molar-refractivity contribution in [3.63, 3.8) is 0 Å². The number of carbonyl (C=O) groups is 1. The topological polar surface area (TPSA) is 59.8 Å². The molecule has 0 spiro atoms. The number of aromatic nitrogens is 3. The minimum Gasteiger partial charge on any atom is -0.349 e. The number of para-hydroxylation sites is 1. The van der Waals surface area contributed by atoms with Crippen LogP contribution in [0.25, 0.3) is 16.9 Å². The summed E-state index contributed by atoms with van der Waals surface area (Å²) in [5, 5.41) is 7.70. The predicted molar refractivity (Wildman–Crippen MR) is 98.6 cm³/mol. The first-order valence-electron chi connectivity index (χ1n) is 8.42. The Hall–Kier alpha value is -2.95. The van der Waals surface area contributed by atoms with Gasteiger partial charge in [-0.1, -0.05) is 32.0 Å². The van der Waals surface area contributed by atoms with Crippen LogP contribution in [0.3, 0.4) is 0 Å². The number of nitrogens with zero attached hydrogens (tertiary/aromatic N) is 3. The van der Waals surface area contributed by atoms with Crippen LogP contribution in [-0.2, 0) is 0 Å². The Morgan fingerprint density at radius 3 is 2.48 bits per heavy atom. The lowest BCUT2D eigenvalue weighted by Gasteiger charge is -2.17. The highest BCUT2D eigenvalue weighted by molar-refractivity contribution is 6.00. The number of rotatable bonds is 5. The molecule has 128 valence electrons. The number of carbonyl (C=O) groups excluding carboxylic acids is 1. The molecule has 0 aliphatic heterocycles. The van der Waals surface area contributed by atoms with Gasteiger partial charge in [0.25, 0.3) is 5.91 Å². The lowest BCUT2D eigenvalue weighted by atomic mass is 10.1. The molecule has 25 heavy (non-hydrogen) atoms. The Morgan fingerprint density at radius 2 is 1.84 bits per heavy atom. The summed E-state index contributed by atoms with van der Waals surface area (Å²) >= 11 is 0. The molecule has 5 heteroatoms. The first kappa shape index (κ1) is 16.9. The second-order valence-corrected chi connectivity index (χ2v) is 6.42. The molecule has 0 saturated carbocycles. The van der Waals surface area contributed by atoms with E-state index in [0.29, 0.717) is 17.2 Å². The molecule has 0 bridgehead atoms. The van der Waals surface area contributed by atoms with E-state index in [0.717, 1.165) is 11.3 Å². The number of nitrogens with one attached hydrogen (secondary N) is 1. The van der Waals surface area contributed by atoms with Gasteiger partial charge in [0.1, 0.15) is 5.69 Å². The second kappa shape index (κ2) is 7.30. The van der Waals surface area contributed by atoms with Gasteiger partial charge in [-0.25, -0.2) is 4.68 Å². The van der Waals surface area contributed by atoms with Crippen LogP contribution < -0.4 is 5.32 Å². The second-order valence-electron chi connectivity index (χ2n) is 6.42. The summed E-state index contributed by atoms with van der Waals surface area (Å²) in [5.74, 6) is 0.234. The van der Waals surface area contributed by atoms with Crippen LogP contribution in [0.2, 0.25) is 0 Å². The molecule has 1 N–H and O–H groups in total. The Bertz CT molecular complexity index is 841. The summed E-state index contributed by atoms with van der Waals surface area (Å²) in [6, 6.07) is 13.6. The fourth-order valence-electron chi connectivity index (χ4n) is 2.42. The maximum absolute atomic E-state index is 12.8. The third-order valence-corrected chi connectivity index (χ3v) is 4.27. The maximum Gasteiger partial charge on any atom is 0.255 e. The van der Waals surface area contributed by atoms with Crippen LogP contribution in [0.15, 0.2) is 61.1 Å². The minimum absolute atomic E-state index is 0.0781. The number of hydrogen-bond acceptors (Lipinski definition) is 3. The Kier molecular flexibility index (Phi) is 4.93. The zero-order valence-electron chi connectivity index (χ0n) is 14.7. The predicted octanol–water partition coefficient (Wildman–Crippen LogP) is 3.71. The van der Waals surface area contributed by atoms with Gasteiger partial charge in [0, 0.05) is 30.2 Å². The molecule has 1 unspecified atom stereocenters. The quantitative estimate of drug-likeness (QED) is 0.774. The minimum atomic E-state index is -0.123. The molecular formula is C20H22N4O. The summed E-state index contributed by atoms with van der Waals surface area (Å²) in [6.07, 6.45) is 5.21. The van der Waals surface area contributed by atoms with Gasteiger partial charge in [-0.05, 0) is 37.1 Å². The van der Waals surface area contributed by atoms with Crippen molar-refractivity contribution in [3.8, 4) is 16.9 Å². The molecule has 3 rings (SSSR count). The molecule has 3 aromatic rings. The number of hydrogen-bond donors (Lipinski definition) is 1. The molecule has 2 heterocycles. The summed E-state index contributed by atoms with van der Waals surface area (Å²) in [4.78, 5) is 17.0. The SMILES string of the molecule is CC(C)C(C)NC(=O)c1cn(-c2ccccc2)nc1-c1cccnc1. The van der Waals surface area contributed by atoms with E-state index in [9.17, 15) is 4.79 Å². The Labute approximate surface area is 147 Å². The van der Waals surface area contributed by atoms with E-state index in [1.807, 2.05) is 49.4 Å². The van der Waals surface area contributed by atoms with Crippen molar-refractivity contribution in [2.45, 2.75) is 26.8 Å².